The lowest BCUT2D eigenvalue weighted by molar-refractivity contribution is 0.0698. The van der Waals surface area contributed by atoms with Crippen molar-refractivity contribution in [2.75, 3.05) is 19.6 Å². The van der Waals surface area contributed by atoms with Crippen molar-refractivity contribution in [3.63, 3.8) is 0 Å². The van der Waals surface area contributed by atoms with Crippen LogP contribution in [-0.2, 0) is 0 Å². The average Bonchev–Trinajstić information content (AvgIpc) is 3.05. The zero-order chi connectivity index (χ0) is 12.4. The van der Waals surface area contributed by atoms with Crippen LogP contribution in [-0.4, -0.2) is 36.6 Å². The Morgan fingerprint density at radius 2 is 1.72 bits per heavy atom. The number of rotatable bonds is 3. The van der Waals surface area contributed by atoms with Gasteiger partial charge in [0.05, 0.1) is 0 Å². The van der Waals surface area contributed by atoms with Gasteiger partial charge in [0.1, 0.15) is 0 Å². The molecule has 0 aromatic rings. The van der Waals surface area contributed by atoms with Gasteiger partial charge in [-0.1, -0.05) is 19.8 Å². The Labute approximate surface area is 113 Å². The highest BCUT2D eigenvalue weighted by Crippen LogP contribution is 2.49. The fourth-order valence-corrected chi connectivity index (χ4v) is 4.91. The van der Waals surface area contributed by atoms with Crippen LogP contribution in [0.4, 0.5) is 0 Å². The summed E-state index contributed by atoms with van der Waals surface area (Å²) in [5, 5.41) is 3.53. The van der Waals surface area contributed by atoms with Gasteiger partial charge in [0.25, 0.3) is 0 Å². The van der Waals surface area contributed by atoms with Crippen LogP contribution >= 0.6 is 0 Å². The first-order valence-corrected chi connectivity index (χ1v) is 8.29. The Bertz CT molecular complexity index is 254. The summed E-state index contributed by atoms with van der Waals surface area (Å²) in [4.78, 5) is 2.82. The molecule has 0 bridgehead atoms. The number of hydrogen-bond acceptors (Lipinski definition) is 2. The molecule has 3 aliphatic rings. The van der Waals surface area contributed by atoms with Crippen molar-refractivity contribution < 1.29 is 0 Å². The standard InChI is InChI=1S/C16H30N2/c1-2-18(15-7-12-17-13-15)14-5-10-16(11-6-14)8-3-4-9-16/h14-15,17H,2-13H2,1H3. The molecule has 1 saturated heterocycles. The molecule has 18 heavy (non-hydrogen) atoms. The molecular weight excluding hydrogens is 220 g/mol. The lowest BCUT2D eigenvalue weighted by Gasteiger charge is -2.43. The van der Waals surface area contributed by atoms with Crippen LogP contribution in [0.1, 0.15) is 64.7 Å². The third kappa shape index (κ3) is 2.46. The van der Waals surface area contributed by atoms with Crippen LogP contribution in [0.5, 0.6) is 0 Å². The van der Waals surface area contributed by atoms with Crippen LogP contribution < -0.4 is 5.32 Å². The van der Waals surface area contributed by atoms with E-state index >= 15 is 0 Å². The van der Waals surface area contributed by atoms with E-state index in [0.717, 1.165) is 17.5 Å². The number of nitrogens with one attached hydrogen (secondary N) is 1. The minimum atomic E-state index is 0.795. The van der Waals surface area contributed by atoms with Crippen molar-refractivity contribution in [2.45, 2.75) is 76.8 Å². The summed E-state index contributed by atoms with van der Waals surface area (Å²) in [5.74, 6) is 0. The van der Waals surface area contributed by atoms with Gasteiger partial charge >= 0.3 is 0 Å². The molecule has 0 aromatic carbocycles. The van der Waals surface area contributed by atoms with Gasteiger partial charge in [-0.15, -0.1) is 0 Å². The molecule has 104 valence electrons. The zero-order valence-corrected chi connectivity index (χ0v) is 12.1. The quantitative estimate of drug-likeness (QED) is 0.827. The van der Waals surface area contributed by atoms with Crippen LogP contribution in [0.15, 0.2) is 0 Å². The third-order valence-corrected chi connectivity index (χ3v) is 6.02. The number of nitrogens with zero attached hydrogens (tertiary/aromatic N) is 1. The number of hydrogen-bond donors (Lipinski definition) is 1. The van der Waals surface area contributed by atoms with Gasteiger partial charge in [-0.3, -0.25) is 4.90 Å². The van der Waals surface area contributed by atoms with Gasteiger partial charge < -0.3 is 5.32 Å². The van der Waals surface area contributed by atoms with E-state index in [4.69, 9.17) is 0 Å². The largest absolute Gasteiger partial charge is 0.315 e. The minimum Gasteiger partial charge on any atom is -0.315 e. The zero-order valence-electron chi connectivity index (χ0n) is 12.1. The highest BCUT2D eigenvalue weighted by atomic mass is 15.2. The maximum Gasteiger partial charge on any atom is 0.0235 e. The fraction of sp³-hybridized carbons (Fsp3) is 1.00. The predicted molar refractivity (Wildman–Crippen MR) is 76.8 cm³/mol. The highest BCUT2D eigenvalue weighted by Gasteiger charge is 2.39. The van der Waals surface area contributed by atoms with E-state index in [2.05, 4.69) is 17.1 Å². The highest BCUT2D eigenvalue weighted by molar-refractivity contribution is 4.94. The molecule has 0 amide bonds. The predicted octanol–water partition coefficient (Wildman–Crippen LogP) is 3.17. The van der Waals surface area contributed by atoms with Crippen molar-refractivity contribution >= 4 is 0 Å². The van der Waals surface area contributed by atoms with E-state index in [9.17, 15) is 0 Å². The van der Waals surface area contributed by atoms with Gasteiger partial charge in [0.2, 0.25) is 0 Å². The molecule has 1 atom stereocenters. The van der Waals surface area contributed by atoms with Crippen LogP contribution in [0, 0.1) is 5.41 Å². The summed E-state index contributed by atoms with van der Waals surface area (Å²) in [6, 6.07) is 1.73. The minimum absolute atomic E-state index is 0.795. The van der Waals surface area contributed by atoms with E-state index in [1.807, 2.05) is 0 Å². The van der Waals surface area contributed by atoms with Crippen LogP contribution in [0.25, 0.3) is 0 Å². The van der Waals surface area contributed by atoms with Gasteiger partial charge in [0, 0.05) is 18.6 Å². The van der Waals surface area contributed by atoms with E-state index in [0.29, 0.717) is 0 Å². The Kier molecular flexibility index (Phi) is 3.95. The Balaban J connectivity index is 1.57. The van der Waals surface area contributed by atoms with Gasteiger partial charge in [-0.05, 0) is 63.5 Å². The summed E-state index contributed by atoms with van der Waals surface area (Å²) >= 11 is 0. The van der Waals surface area contributed by atoms with Gasteiger partial charge in [-0.25, -0.2) is 0 Å². The second-order valence-corrected chi connectivity index (χ2v) is 6.92. The van der Waals surface area contributed by atoms with Crippen molar-refractivity contribution in [1.29, 1.82) is 0 Å². The normalized spacial score (nSPS) is 32.7. The van der Waals surface area contributed by atoms with Crippen molar-refractivity contribution in [3.8, 4) is 0 Å². The van der Waals surface area contributed by atoms with E-state index in [-0.39, 0.29) is 0 Å². The van der Waals surface area contributed by atoms with Gasteiger partial charge in [0.15, 0.2) is 0 Å². The molecule has 2 saturated carbocycles. The molecule has 2 aliphatic carbocycles. The van der Waals surface area contributed by atoms with Crippen molar-refractivity contribution in [3.05, 3.63) is 0 Å². The monoisotopic (exact) mass is 250 g/mol. The molecule has 3 fully saturated rings. The molecule has 2 heteroatoms. The molecular formula is C16H30N2. The van der Waals surface area contributed by atoms with Crippen LogP contribution in [0.3, 0.4) is 0 Å². The molecule has 1 unspecified atom stereocenters. The molecule has 0 aromatic heterocycles. The van der Waals surface area contributed by atoms with E-state index in [1.54, 1.807) is 0 Å². The lowest BCUT2D eigenvalue weighted by Crippen LogP contribution is -2.46. The summed E-state index contributed by atoms with van der Waals surface area (Å²) in [5.41, 5.74) is 0.795. The lowest BCUT2D eigenvalue weighted by atomic mass is 9.71. The van der Waals surface area contributed by atoms with Crippen molar-refractivity contribution in [1.82, 2.24) is 10.2 Å². The Hall–Kier alpha value is -0.0800. The third-order valence-electron chi connectivity index (χ3n) is 6.02. The Morgan fingerprint density at radius 3 is 2.28 bits per heavy atom. The topological polar surface area (TPSA) is 15.3 Å². The summed E-state index contributed by atoms with van der Waals surface area (Å²) in [7, 11) is 0. The van der Waals surface area contributed by atoms with E-state index in [1.165, 1.54) is 77.4 Å². The first-order chi connectivity index (χ1) is 8.83. The maximum absolute atomic E-state index is 3.53. The first-order valence-electron chi connectivity index (χ1n) is 8.29. The van der Waals surface area contributed by atoms with Gasteiger partial charge in [-0.2, -0.15) is 0 Å². The fourth-order valence-electron chi connectivity index (χ4n) is 4.91. The molecule has 1 N–H and O–H groups in total. The Morgan fingerprint density at radius 1 is 1.00 bits per heavy atom. The SMILES string of the molecule is CCN(C1CCC2(CCCC2)CC1)C1CCNC1. The molecule has 1 aliphatic heterocycles. The summed E-state index contributed by atoms with van der Waals surface area (Å²) in [6.45, 7) is 6.08. The summed E-state index contributed by atoms with van der Waals surface area (Å²) < 4.78 is 0. The molecule has 2 nitrogen and oxygen atoms in total. The second-order valence-electron chi connectivity index (χ2n) is 6.92. The average molecular weight is 250 g/mol. The maximum atomic E-state index is 3.53. The number of likely N-dealkylation sites (N-methyl/N-ethyl adjacent to an activating group) is 1. The molecule has 1 spiro atoms. The molecule has 0 radical (unpaired) electrons. The van der Waals surface area contributed by atoms with Crippen molar-refractivity contribution in [2.24, 2.45) is 5.41 Å². The second kappa shape index (κ2) is 5.50. The first kappa shape index (κ1) is 12.9. The van der Waals surface area contributed by atoms with Crippen LogP contribution in [0.2, 0.25) is 0 Å². The summed E-state index contributed by atoms with van der Waals surface area (Å²) in [6.07, 6.45) is 13.5. The molecule has 3 rings (SSSR count). The smallest absolute Gasteiger partial charge is 0.0235 e. The van der Waals surface area contributed by atoms with E-state index < -0.39 is 0 Å². The molecule has 1 heterocycles.